The molecular weight excluding hydrogens is 316 g/mol. The molecule has 7 heteroatoms. The lowest BCUT2D eigenvalue weighted by atomic mass is 10.2. The van der Waals surface area contributed by atoms with Crippen LogP contribution in [-0.2, 0) is 19.4 Å². The second kappa shape index (κ2) is 8.00. The number of aryl methyl sites for hydroxylation is 1. The van der Waals surface area contributed by atoms with E-state index in [1.807, 2.05) is 25.2 Å². The minimum Gasteiger partial charge on any atom is -0.370 e. The lowest BCUT2D eigenvalue weighted by molar-refractivity contribution is 0.240. The molecule has 7 nitrogen and oxygen atoms in total. The van der Waals surface area contributed by atoms with Gasteiger partial charge in [0.25, 0.3) is 0 Å². The van der Waals surface area contributed by atoms with Gasteiger partial charge in [0.05, 0.1) is 0 Å². The zero-order chi connectivity index (χ0) is 17.6. The Morgan fingerprint density at radius 1 is 1.28 bits per heavy atom. The first kappa shape index (κ1) is 17.3. The third-order valence-corrected chi connectivity index (χ3v) is 4.70. The summed E-state index contributed by atoms with van der Waals surface area (Å²) in [5.41, 5.74) is 1.14. The van der Waals surface area contributed by atoms with E-state index in [0.29, 0.717) is 19.5 Å². The highest BCUT2D eigenvalue weighted by atomic mass is 16.2. The normalized spacial score (nSPS) is 14.0. The quantitative estimate of drug-likeness (QED) is 0.801. The molecule has 3 rings (SSSR count). The van der Waals surface area contributed by atoms with E-state index in [-0.39, 0.29) is 12.1 Å². The summed E-state index contributed by atoms with van der Waals surface area (Å²) >= 11 is 0. The van der Waals surface area contributed by atoms with Crippen LogP contribution in [-0.4, -0.2) is 47.0 Å². The molecule has 2 heterocycles. The van der Waals surface area contributed by atoms with Gasteiger partial charge in [-0.3, -0.25) is 0 Å². The van der Waals surface area contributed by atoms with Crippen molar-refractivity contribution in [3.05, 3.63) is 42.0 Å². The molecule has 0 spiro atoms. The molecular formula is C18H26N6O. The topological polar surface area (TPSA) is 75.1 Å². The largest absolute Gasteiger partial charge is 0.370 e. The van der Waals surface area contributed by atoms with Gasteiger partial charge in [-0.25, -0.2) is 4.79 Å². The van der Waals surface area contributed by atoms with Gasteiger partial charge in [0, 0.05) is 51.3 Å². The zero-order valence-corrected chi connectivity index (χ0v) is 14.9. The van der Waals surface area contributed by atoms with Gasteiger partial charge in [0.1, 0.15) is 11.6 Å². The van der Waals surface area contributed by atoms with E-state index in [2.05, 4.69) is 49.4 Å². The number of hydrogen-bond donors (Lipinski definition) is 2. The standard InChI is InChI=1S/C18H26N6O/c1-14(23(2)15-7-4-3-5-8-15)13-20-18(25)19-11-10-17-22-21-16-9-6-12-24(16)17/h3-5,7-8,14H,6,9-13H2,1-2H3,(H2,19,20,25). The molecule has 134 valence electrons. The van der Waals surface area contributed by atoms with Crippen LogP contribution in [0.3, 0.4) is 0 Å². The summed E-state index contributed by atoms with van der Waals surface area (Å²) in [6, 6.07) is 10.2. The van der Waals surface area contributed by atoms with Crippen LogP contribution >= 0.6 is 0 Å². The molecule has 2 aromatic rings. The molecule has 1 aliphatic rings. The number of anilines is 1. The predicted octanol–water partition coefficient (Wildman–Crippen LogP) is 1.59. The van der Waals surface area contributed by atoms with Gasteiger partial charge in [0.15, 0.2) is 0 Å². The van der Waals surface area contributed by atoms with Crippen LogP contribution in [0.1, 0.15) is 25.0 Å². The maximum absolute atomic E-state index is 12.0. The molecule has 1 aliphatic heterocycles. The Labute approximate surface area is 148 Å². The molecule has 0 saturated carbocycles. The molecule has 1 atom stereocenters. The van der Waals surface area contributed by atoms with Crippen molar-refractivity contribution >= 4 is 11.7 Å². The highest BCUT2D eigenvalue weighted by Crippen LogP contribution is 2.14. The van der Waals surface area contributed by atoms with E-state index < -0.39 is 0 Å². The molecule has 1 aromatic heterocycles. The number of likely N-dealkylation sites (N-methyl/N-ethyl adjacent to an activating group) is 1. The van der Waals surface area contributed by atoms with Gasteiger partial charge >= 0.3 is 6.03 Å². The number of fused-ring (bicyclic) bond motifs is 1. The summed E-state index contributed by atoms with van der Waals surface area (Å²) < 4.78 is 2.16. The van der Waals surface area contributed by atoms with Crippen LogP contribution < -0.4 is 15.5 Å². The van der Waals surface area contributed by atoms with Crippen LogP contribution in [0.5, 0.6) is 0 Å². The Morgan fingerprint density at radius 2 is 2.08 bits per heavy atom. The molecule has 0 radical (unpaired) electrons. The van der Waals surface area contributed by atoms with Gasteiger partial charge in [-0.2, -0.15) is 0 Å². The molecule has 1 unspecified atom stereocenters. The minimum atomic E-state index is -0.144. The van der Waals surface area contributed by atoms with E-state index in [9.17, 15) is 4.79 Å². The SMILES string of the molecule is CC(CNC(=O)NCCc1nnc2n1CCC2)N(C)c1ccccc1. The summed E-state index contributed by atoms with van der Waals surface area (Å²) in [5.74, 6) is 2.03. The van der Waals surface area contributed by atoms with Crippen molar-refractivity contribution in [3.63, 3.8) is 0 Å². The van der Waals surface area contributed by atoms with Crippen molar-refractivity contribution in [3.8, 4) is 0 Å². The summed E-state index contributed by atoms with van der Waals surface area (Å²) in [6.45, 7) is 4.23. The molecule has 1 aromatic carbocycles. The second-order valence-electron chi connectivity index (χ2n) is 6.47. The Morgan fingerprint density at radius 3 is 2.88 bits per heavy atom. The second-order valence-corrected chi connectivity index (χ2v) is 6.47. The first-order valence-corrected chi connectivity index (χ1v) is 8.85. The number of amides is 2. The van der Waals surface area contributed by atoms with Crippen molar-refractivity contribution in [2.24, 2.45) is 0 Å². The van der Waals surface area contributed by atoms with Crippen LogP contribution in [0, 0.1) is 0 Å². The number of nitrogens with one attached hydrogen (secondary N) is 2. The Kier molecular flexibility index (Phi) is 5.53. The summed E-state index contributed by atoms with van der Waals surface area (Å²) in [7, 11) is 2.03. The predicted molar refractivity (Wildman–Crippen MR) is 97.8 cm³/mol. The molecule has 0 bridgehead atoms. The van der Waals surface area contributed by atoms with Crippen molar-refractivity contribution in [1.82, 2.24) is 25.4 Å². The van der Waals surface area contributed by atoms with Gasteiger partial charge in [-0.1, -0.05) is 18.2 Å². The third kappa shape index (κ3) is 4.29. The summed E-state index contributed by atoms with van der Waals surface area (Å²) in [6.07, 6.45) is 2.85. The van der Waals surface area contributed by atoms with E-state index in [0.717, 1.165) is 36.7 Å². The van der Waals surface area contributed by atoms with Crippen molar-refractivity contribution in [2.45, 2.75) is 38.8 Å². The fourth-order valence-electron chi connectivity index (χ4n) is 3.04. The van der Waals surface area contributed by atoms with Crippen molar-refractivity contribution < 1.29 is 4.79 Å². The first-order chi connectivity index (χ1) is 12.1. The number of rotatable bonds is 7. The number of carbonyl (C=O) groups excluding carboxylic acids is 1. The number of benzene rings is 1. The van der Waals surface area contributed by atoms with E-state index in [1.54, 1.807) is 0 Å². The Bertz CT molecular complexity index is 699. The van der Waals surface area contributed by atoms with Crippen LogP contribution in [0.4, 0.5) is 10.5 Å². The smallest absolute Gasteiger partial charge is 0.314 e. The fraction of sp³-hybridized carbons (Fsp3) is 0.500. The van der Waals surface area contributed by atoms with Crippen LogP contribution in [0.15, 0.2) is 30.3 Å². The summed E-state index contributed by atoms with van der Waals surface area (Å²) in [4.78, 5) is 14.1. The lowest BCUT2D eigenvalue weighted by Crippen LogP contribution is -2.44. The van der Waals surface area contributed by atoms with E-state index in [4.69, 9.17) is 0 Å². The molecule has 25 heavy (non-hydrogen) atoms. The minimum absolute atomic E-state index is 0.144. The van der Waals surface area contributed by atoms with Gasteiger partial charge in [0.2, 0.25) is 0 Å². The van der Waals surface area contributed by atoms with Gasteiger partial charge in [-0.05, 0) is 25.5 Å². The molecule has 0 fully saturated rings. The van der Waals surface area contributed by atoms with Crippen molar-refractivity contribution in [1.29, 1.82) is 0 Å². The van der Waals surface area contributed by atoms with Gasteiger partial charge < -0.3 is 20.1 Å². The number of aromatic nitrogens is 3. The lowest BCUT2D eigenvalue weighted by Gasteiger charge is -2.27. The molecule has 2 N–H and O–H groups in total. The van der Waals surface area contributed by atoms with E-state index in [1.165, 1.54) is 0 Å². The number of hydrogen-bond acceptors (Lipinski definition) is 4. The average molecular weight is 342 g/mol. The number of nitrogens with zero attached hydrogens (tertiary/aromatic N) is 4. The molecule has 0 saturated heterocycles. The van der Waals surface area contributed by atoms with Crippen LogP contribution in [0.2, 0.25) is 0 Å². The van der Waals surface area contributed by atoms with Gasteiger partial charge in [-0.15, -0.1) is 10.2 Å². The fourth-order valence-corrected chi connectivity index (χ4v) is 3.04. The maximum atomic E-state index is 12.0. The Hall–Kier alpha value is -2.57. The third-order valence-electron chi connectivity index (χ3n) is 4.70. The highest BCUT2D eigenvalue weighted by molar-refractivity contribution is 5.73. The average Bonchev–Trinajstić information content (AvgIpc) is 3.24. The first-order valence-electron chi connectivity index (χ1n) is 8.85. The van der Waals surface area contributed by atoms with Crippen LogP contribution in [0.25, 0.3) is 0 Å². The maximum Gasteiger partial charge on any atom is 0.314 e. The summed E-state index contributed by atoms with van der Waals surface area (Å²) in [5, 5.41) is 14.2. The molecule has 2 amide bonds. The Balaban J connectivity index is 1.38. The highest BCUT2D eigenvalue weighted by Gasteiger charge is 2.17. The molecule has 0 aliphatic carbocycles. The number of carbonyl (C=O) groups is 1. The van der Waals surface area contributed by atoms with Crippen molar-refractivity contribution in [2.75, 3.05) is 25.0 Å². The number of urea groups is 1. The zero-order valence-electron chi connectivity index (χ0n) is 14.9. The monoisotopic (exact) mass is 342 g/mol. The van der Waals surface area contributed by atoms with E-state index >= 15 is 0 Å². The number of para-hydroxylation sites is 1.